The summed E-state index contributed by atoms with van der Waals surface area (Å²) in [5, 5.41) is 0. The van der Waals surface area contributed by atoms with E-state index in [0.29, 0.717) is 0 Å². The van der Waals surface area contributed by atoms with Crippen molar-refractivity contribution in [2.24, 2.45) is 0 Å². The van der Waals surface area contributed by atoms with Crippen molar-refractivity contribution in [3.8, 4) is 5.75 Å². The van der Waals surface area contributed by atoms with E-state index in [-0.39, 0.29) is 28.3 Å². The van der Waals surface area contributed by atoms with Gasteiger partial charge in [0.2, 0.25) is 0 Å². The van der Waals surface area contributed by atoms with Gasteiger partial charge in [0.25, 0.3) is 6.43 Å². The smallest absolute Gasteiger partial charge is 0.267 e. The highest BCUT2D eigenvalue weighted by Crippen LogP contribution is 2.35. The zero-order chi connectivity index (χ0) is 11.6. The molecule has 0 aliphatic carbocycles. The number of hydrogen-bond acceptors (Lipinski definition) is 3. The number of nitrogens with two attached hydrogens (primary N) is 1. The summed E-state index contributed by atoms with van der Waals surface area (Å²) in [6.45, 7) is 1.29. The number of carbonyl (C=O) groups is 1. The normalized spacial score (nSPS) is 10.5. The minimum Gasteiger partial charge on any atom is -0.494 e. The Morgan fingerprint density at radius 2 is 2.07 bits per heavy atom. The number of halogens is 2. The van der Waals surface area contributed by atoms with Crippen molar-refractivity contribution in [2.75, 3.05) is 12.8 Å². The number of ether oxygens (including phenoxy) is 1. The first kappa shape index (κ1) is 11.4. The van der Waals surface area contributed by atoms with Crippen LogP contribution in [0.25, 0.3) is 0 Å². The Kier molecular flexibility index (Phi) is 3.24. The average Bonchev–Trinajstić information content (AvgIpc) is 2.16. The molecule has 3 nitrogen and oxygen atoms in total. The van der Waals surface area contributed by atoms with Gasteiger partial charge in [-0.1, -0.05) is 0 Å². The van der Waals surface area contributed by atoms with E-state index in [9.17, 15) is 13.6 Å². The molecule has 1 rings (SSSR count). The maximum atomic E-state index is 12.6. The second-order valence-corrected chi connectivity index (χ2v) is 3.04. The molecule has 0 atom stereocenters. The number of carbonyl (C=O) groups excluding carboxylic acids is 1. The van der Waals surface area contributed by atoms with Crippen molar-refractivity contribution < 1.29 is 18.3 Å². The number of nitrogen functional groups attached to an aromatic ring is 1. The molecule has 0 bridgehead atoms. The van der Waals surface area contributed by atoms with Gasteiger partial charge in [0.05, 0.1) is 18.4 Å². The standard InChI is InChI=1S/C10H11F2NO2/c1-5(14)6-3-7(10(11)12)9(15-2)8(13)4-6/h3-4,10H,13H2,1-2H3. The predicted molar refractivity (Wildman–Crippen MR) is 52.4 cm³/mol. The van der Waals surface area contributed by atoms with E-state index < -0.39 is 6.43 Å². The van der Waals surface area contributed by atoms with Crippen LogP contribution in [-0.4, -0.2) is 12.9 Å². The van der Waals surface area contributed by atoms with E-state index in [1.807, 2.05) is 0 Å². The highest BCUT2D eigenvalue weighted by molar-refractivity contribution is 5.95. The highest BCUT2D eigenvalue weighted by atomic mass is 19.3. The Morgan fingerprint density at radius 1 is 1.47 bits per heavy atom. The van der Waals surface area contributed by atoms with Crippen LogP contribution in [0.4, 0.5) is 14.5 Å². The fraction of sp³-hybridized carbons (Fsp3) is 0.300. The number of hydrogen-bond donors (Lipinski definition) is 1. The van der Waals surface area contributed by atoms with Crippen molar-refractivity contribution in [2.45, 2.75) is 13.3 Å². The van der Waals surface area contributed by atoms with Gasteiger partial charge in [0.15, 0.2) is 11.5 Å². The van der Waals surface area contributed by atoms with Gasteiger partial charge in [0, 0.05) is 5.56 Å². The summed E-state index contributed by atoms with van der Waals surface area (Å²) in [4.78, 5) is 11.0. The monoisotopic (exact) mass is 215 g/mol. The lowest BCUT2D eigenvalue weighted by atomic mass is 10.1. The van der Waals surface area contributed by atoms with Crippen LogP contribution in [-0.2, 0) is 0 Å². The summed E-state index contributed by atoms with van der Waals surface area (Å²) < 4.78 is 29.9. The molecule has 0 saturated heterocycles. The minimum absolute atomic E-state index is 0.0421. The van der Waals surface area contributed by atoms with E-state index in [0.717, 1.165) is 6.07 Å². The lowest BCUT2D eigenvalue weighted by Crippen LogP contribution is -2.02. The summed E-state index contributed by atoms with van der Waals surface area (Å²) in [5.41, 5.74) is 5.34. The Hall–Kier alpha value is -1.65. The number of alkyl halides is 2. The fourth-order valence-electron chi connectivity index (χ4n) is 1.28. The van der Waals surface area contributed by atoms with Crippen molar-refractivity contribution in [3.05, 3.63) is 23.3 Å². The second-order valence-electron chi connectivity index (χ2n) is 3.04. The van der Waals surface area contributed by atoms with Crippen molar-refractivity contribution in [1.29, 1.82) is 0 Å². The lowest BCUT2D eigenvalue weighted by Gasteiger charge is -2.11. The first-order valence-electron chi connectivity index (χ1n) is 4.23. The van der Waals surface area contributed by atoms with Crippen LogP contribution in [0.1, 0.15) is 29.3 Å². The third-order valence-electron chi connectivity index (χ3n) is 1.99. The number of rotatable bonds is 3. The van der Waals surface area contributed by atoms with Crippen molar-refractivity contribution >= 4 is 11.5 Å². The summed E-state index contributed by atoms with van der Waals surface area (Å²) >= 11 is 0. The first-order valence-corrected chi connectivity index (χ1v) is 4.23. The van der Waals surface area contributed by atoms with E-state index in [1.165, 1.54) is 20.1 Å². The zero-order valence-corrected chi connectivity index (χ0v) is 8.38. The molecule has 5 heteroatoms. The van der Waals surface area contributed by atoms with Gasteiger partial charge >= 0.3 is 0 Å². The molecular weight excluding hydrogens is 204 g/mol. The fourth-order valence-corrected chi connectivity index (χ4v) is 1.28. The summed E-state index contributed by atoms with van der Waals surface area (Å²) in [6, 6.07) is 2.43. The minimum atomic E-state index is -2.72. The van der Waals surface area contributed by atoms with Gasteiger partial charge in [-0.15, -0.1) is 0 Å². The number of anilines is 1. The van der Waals surface area contributed by atoms with Crippen LogP contribution < -0.4 is 10.5 Å². The summed E-state index contributed by atoms with van der Waals surface area (Å²) in [5.74, 6) is -0.388. The van der Waals surface area contributed by atoms with Crippen LogP contribution in [0.3, 0.4) is 0 Å². The van der Waals surface area contributed by atoms with Gasteiger partial charge in [-0.05, 0) is 19.1 Å². The van der Waals surface area contributed by atoms with E-state index >= 15 is 0 Å². The van der Waals surface area contributed by atoms with Crippen LogP contribution in [0.15, 0.2) is 12.1 Å². The molecule has 0 aliphatic rings. The molecule has 2 N–H and O–H groups in total. The van der Waals surface area contributed by atoms with Crippen LogP contribution in [0.2, 0.25) is 0 Å². The van der Waals surface area contributed by atoms with Crippen LogP contribution in [0.5, 0.6) is 5.75 Å². The van der Waals surface area contributed by atoms with Gasteiger partial charge in [-0.25, -0.2) is 8.78 Å². The van der Waals surface area contributed by atoms with Crippen molar-refractivity contribution in [3.63, 3.8) is 0 Å². The number of methoxy groups -OCH3 is 1. The summed E-state index contributed by atoms with van der Waals surface area (Å²) in [6.07, 6.45) is -2.72. The quantitative estimate of drug-likeness (QED) is 0.622. The number of Topliss-reactive ketones (excluding diaryl/α,β-unsaturated/α-hetero) is 1. The molecule has 0 fully saturated rings. The van der Waals surface area contributed by atoms with E-state index in [1.54, 1.807) is 0 Å². The lowest BCUT2D eigenvalue weighted by molar-refractivity contribution is 0.101. The molecule has 0 aromatic heterocycles. The first-order chi connectivity index (χ1) is 6.97. The average molecular weight is 215 g/mol. The third kappa shape index (κ3) is 2.23. The molecule has 0 heterocycles. The molecule has 0 saturated carbocycles. The van der Waals surface area contributed by atoms with Crippen LogP contribution in [0, 0.1) is 0 Å². The molecule has 15 heavy (non-hydrogen) atoms. The molecule has 0 radical (unpaired) electrons. The molecule has 82 valence electrons. The van der Waals surface area contributed by atoms with Gasteiger partial charge in [-0.3, -0.25) is 4.79 Å². The molecule has 0 unspecified atom stereocenters. The maximum absolute atomic E-state index is 12.6. The predicted octanol–water partition coefficient (Wildman–Crippen LogP) is 2.42. The van der Waals surface area contributed by atoms with Gasteiger partial charge in [-0.2, -0.15) is 0 Å². The largest absolute Gasteiger partial charge is 0.494 e. The second kappa shape index (κ2) is 4.25. The topological polar surface area (TPSA) is 52.3 Å². The SMILES string of the molecule is COc1c(N)cc(C(C)=O)cc1C(F)F. The summed E-state index contributed by atoms with van der Waals surface area (Å²) in [7, 11) is 1.25. The molecule has 1 aromatic carbocycles. The van der Waals surface area contributed by atoms with E-state index in [4.69, 9.17) is 10.5 Å². The van der Waals surface area contributed by atoms with Crippen molar-refractivity contribution in [1.82, 2.24) is 0 Å². The Balaban J connectivity index is 3.38. The molecule has 0 aliphatic heterocycles. The number of benzene rings is 1. The molecule has 0 spiro atoms. The zero-order valence-electron chi connectivity index (χ0n) is 8.38. The highest BCUT2D eigenvalue weighted by Gasteiger charge is 2.18. The maximum Gasteiger partial charge on any atom is 0.267 e. The number of ketones is 1. The third-order valence-corrected chi connectivity index (χ3v) is 1.99. The molecular formula is C10H11F2NO2. The Labute approximate surface area is 85.8 Å². The molecule has 1 aromatic rings. The molecule has 0 amide bonds. The van der Waals surface area contributed by atoms with Crippen LogP contribution >= 0.6 is 0 Å². The Bertz CT molecular complexity index is 391. The van der Waals surface area contributed by atoms with E-state index in [2.05, 4.69) is 0 Å². The van der Waals surface area contributed by atoms with Gasteiger partial charge in [0.1, 0.15) is 0 Å². The van der Waals surface area contributed by atoms with Gasteiger partial charge < -0.3 is 10.5 Å². The Morgan fingerprint density at radius 3 is 2.47 bits per heavy atom.